The number of fused-ring (bicyclic) bond motifs is 6. The Morgan fingerprint density at radius 3 is 1.78 bits per heavy atom. The molecule has 2 nitrogen and oxygen atoms in total. The van der Waals surface area contributed by atoms with Gasteiger partial charge in [-0.25, -0.2) is 0 Å². The van der Waals surface area contributed by atoms with Gasteiger partial charge >= 0.3 is 0 Å². The van der Waals surface area contributed by atoms with E-state index in [1.54, 1.807) is 12.8 Å². The van der Waals surface area contributed by atoms with Crippen LogP contribution in [-0.4, -0.2) is 18.0 Å². The fraction of sp³-hybridized carbons (Fsp3) is 0.971. The van der Waals surface area contributed by atoms with Gasteiger partial charge in [0.05, 0.1) is 5.60 Å². The third-order valence-corrected chi connectivity index (χ3v) is 13.3. The Hall–Kier alpha value is -0.370. The monoisotopic (exact) mass is 494 g/mol. The van der Waals surface area contributed by atoms with Gasteiger partial charge in [0, 0.05) is 5.41 Å². The molecule has 0 heterocycles. The van der Waals surface area contributed by atoms with Gasteiger partial charge in [-0.2, -0.15) is 0 Å². The smallest absolute Gasteiger partial charge is 0.164 e. The van der Waals surface area contributed by atoms with Gasteiger partial charge in [-0.15, -0.1) is 0 Å². The van der Waals surface area contributed by atoms with Crippen LogP contribution >= 0.6 is 0 Å². The van der Waals surface area contributed by atoms with Crippen molar-refractivity contribution in [2.24, 2.45) is 58.7 Å². The van der Waals surface area contributed by atoms with Crippen LogP contribution in [0.1, 0.15) is 135 Å². The Bertz CT molecular complexity index is 804. The average molecular weight is 495 g/mol. The van der Waals surface area contributed by atoms with Gasteiger partial charge in [-0.1, -0.05) is 32.1 Å². The minimum absolute atomic E-state index is 0.0182. The molecule has 0 N–H and O–H groups in total. The lowest BCUT2D eigenvalue weighted by Gasteiger charge is -2.45. The van der Waals surface area contributed by atoms with Gasteiger partial charge in [-0.3, -0.25) is 4.79 Å². The average Bonchev–Trinajstić information content (AvgIpc) is 3.18. The van der Waals surface area contributed by atoms with Crippen LogP contribution < -0.4 is 0 Å². The predicted molar refractivity (Wildman–Crippen MR) is 146 cm³/mol. The third-order valence-electron chi connectivity index (χ3n) is 13.3. The summed E-state index contributed by atoms with van der Waals surface area (Å²) in [5.41, 5.74) is -0.0983. The van der Waals surface area contributed by atoms with Crippen molar-refractivity contribution in [3.63, 3.8) is 0 Å². The van der Waals surface area contributed by atoms with E-state index in [4.69, 9.17) is 4.74 Å². The van der Waals surface area contributed by atoms with Gasteiger partial charge in [-0.05, 0) is 156 Å². The third kappa shape index (κ3) is 4.88. The fourth-order valence-corrected chi connectivity index (χ4v) is 12.1. The topological polar surface area (TPSA) is 26.3 Å². The standard InChI is InChI=1S/C34H54O2/c1-33(36-22-32(35)34-9-7-26-12-27(20-34)14-28(13-26)21-34)8-3-6-25-11-29(19-33)18-31-16-24-5-2-4-23(10-24)15-30(31)17-25/h23-31H,2-22H2,1H3/t23-,24+,25+,26?,27?,28?,29-,30+,31-,33+,34?/m0/s1. The second kappa shape index (κ2) is 9.67. The Balaban J connectivity index is 1.02. The van der Waals surface area contributed by atoms with Gasteiger partial charge < -0.3 is 4.74 Å². The molecule has 8 aliphatic carbocycles. The zero-order valence-electron chi connectivity index (χ0n) is 23.4. The molecule has 9 atom stereocenters. The van der Waals surface area contributed by atoms with Crippen molar-refractivity contribution in [3.8, 4) is 0 Å². The number of hydrogen-bond donors (Lipinski definition) is 0. The van der Waals surface area contributed by atoms with Gasteiger partial charge in [0.15, 0.2) is 5.78 Å². The lowest BCUT2D eigenvalue weighted by molar-refractivity contribution is -0.147. The highest BCUT2D eigenvalue weighted by Gasteiger charge is 2.51. The normalized spacial score (nSPS) is 52.3. The molecular weight excluding hydrogens is 440 g/mol. The van der Waals surface area contributed by atoms with Crippen molar-refractivity contribution >= 4 is 5.78 Å². The van der Waals surface area contributed by atoms with Crippen LogP contribution in [-0.2, 0) is 9.53 Å². The minimum Gasteiger partial charge on any atom is -0.367 e. The van der Waals surface area contributed by atoms with Crippen LogP contribution in [0.4, 0.5) is 0 Å². The molecule has 202 valence electrons. The molecular formula is C34H54O2. The first-order chi connectivity index (χ1) is 17.4. The summed E-state index contributed by atoms with van der Waals surface area (Å²) in [6, 6.07) is 0. The second-order valence-corrected chi connectivity index (χ2v) is 16.1. The lowest BCUT2D eigenvalue weighted by atomic mass is 9.60. The number of ether oxygens (including phenoxy) is 1. The number of rotatable bonds is 4. The molecule has 8 fully saturated rings. The first kappa shape index (κ1) is 24.7. The maximum absolute atomic E-state index is 13.9. The quantitative estimate of drug-likeness (QED) is 0.390. The molecule has 0 aromatic carbocycles. The molecule has 0 saturated heterocycles. The molecule has 8 bridgehead atoms. The summed E-state index contributed by atoms with van der Waals surface area (Å²) in [4.78, 5) is 13.9. The molecule has 8 saturated carbocycles. The van der Waals surface area contributed by atoms with Crippen LogP contribution in [0, 0.1) is 58.7 Å². The molecule has 0 aliphatic heterocycles. The van der Waals surface area contributed by atoms with Crippen molar-refractivity contribution < 1.29 is 9.53 Å². The second-order valence-electron chi connectivity index (χ2n) is 16.1. The largest absolute Gasteiger partial charge is 0.367 e. The molecule has 8 aliphatic rings. The number of ketones is 1. The van der Waals surface area contributed by atoms with Crippen LogP contribution in [0.3, 0.4) is 0 Å². The fourth-order valence-electron chi connectivity index (χ4n) is 12.1. The number of hydrogen-bond acceptors (Lipinski definition) is 2. The lowest BCUT2D eigenvalue weighted by Crippen LogP contribution is -2.43. The summed E-state index contributed by atoms with van der Waals surface area (Å²) in [6.45, 7) is 2.81. The number of carbonyl (C=O) groups excluding carboxylic acids is 1. The molecule has 2 heteroatoms. The van der Waals surface area contributed by atoms with E-state index in [0.29, 0.717) is 12.4 Å². The van der Waals surface area contributed by atoms with Crippen LogP contribution in [0.15, 0.2) is 0 Å². The zero-order valence-corrected chi connectivity index (χ0v) is 23.4. The van der Waals surface area contributed by atoms with Gasteiger partial charge in [0.25, 0.3) is 0 Å². The molecule has 0 amide bonds. The molecule has 0 spiro atoms. The Labute approximate surface area is 221 Å². The first-order valence-electron chi connectivity index (χ1n) is 16.6. The van der Waals surface area contributed by atoms with E-state index in [0.717, 1.165) is 53.3 Å². The molecule has 0 aromatic rings. The Kier molecular flexibility index (Phi) is 6.63. The van der Waals surface area contributed by atoms with E-state index < -0.39 is 0 Å². The van der Waals surface area contributed by atoms with Crippen molar-refractivity contribution in [2.45, 2.75) is 141 Å². The SMILES string of the molecule is C[C@@]1(OCC(=O)C23CCC4CC(CC(C4)C2)C3)CCC[C@@H]2C[C@@H](C[C@@H]3C[C@@H]4CCC[C@@H](C4)C[C@@H]3C2)C1. The van der Waals surface area contributed by atoms with E-state index in [-0.39, 0.29) is 11.0 Å². The number of Topliss-reactive ketones (excluding diaryl/α,β-unsaturated/α-hetero) is 1. The molecule has 36 heavy (non-hydrogen) atoms. The molecule has 0 aromatic heterocycles. The highest BCUT2D eigenvalue weighted by atomic mass is 16.5. The Morgan fingerprint density at radius 2 is 1.11 bits per heavy atom. The maximum Gasteiger partial charge on any atom is 0.164 e. The summed E-state index contributed by atoms with van der Waals surface area (Å²) in [6.07, 6.45) is 27.8. The van der Waals surface area contributed by atoms with Crippen molar-refractivity contribution in [1.29, 1.82) is 0 Å². The van der Waals surface area contributed by atoms with Crippen LogP contribution in [0.25, 0.3) is 0 Å². The van der Waals surface area contributed by atoms with Crippen molar-refractivity contribution in [2.75, 3.05) is 6.61 Å². The van der Waals surface area contributed by atoms with Gasteiger partial charge in [0.1, 0.15) is 6.61 Å². The number of carbonyl (C=O) groups is 1. The van der Waals surface area contributed by atoms with E-state index in [1.807, 2.05) is 0 Å². The molecule has 2 unspecified atom stereocenters. The van der Waals surface area contributed by atoms with Crippen LogP contribution in [0.5, 0.6) is 0 Å². The Morgan fingerprint density at radius 1 is 0.611 bits per heavy atom. The summed E-state index contributed by atoms with van der Waals surface area (Å²) in [5.74, 6) is 8.95. The van der Waals surface area contributed by atoms with E-state index in [1.165, 1.54) is 116 Å². The summed E-state index contributed by atoms with van der Waals surface area (Å²) >= 11 is 0. The summed E-state index contributed by atoms with van der Waals surface area (Å²) in [5, 5.41) is 0. The maximum atomic E-state index is 13.9. The summed E-state index contributed by atoms with van der Waals surface area (Å²) < 4.78 is 6.81. The van der Waals surface area contributed by atoms with E-state index in [9.17, 15) is 4.79 Å². The predicted octanol–water partition coefficient (Wildman–Crippen LogP) is 8.76. The van der Waals surface area contributed by atoms with Crippen LogP contribution in [0.2, 0.25) is 0 Å². The van der Waals surface area contributed by atoms with Crippen molar-refractivity contribution in [1.82, 2.24) is 0 Å². The van der Waals surface area contributed by atoms with E-state index >= 15 is 0 Å². The molecule has 8 rings (SSSR count). The minimum atomic E-state index is -0.0800. The van der Waals surface area contributed by atoms with E-state index in [2.05, 4.69) is 6.92 Å². The summed E-state index contributed by atoms with van der Waals surface area (Å²) in [7, 11) is 0. The first-order valence-corrected chi connectivity index (χ1v) is 16.6. The highest BCUT2D eigenvalue weighted by Crippen LogP contribution is 2.58. The highest BCUT2D eigenvalue weighted by molar-refractivity contribution is 5.86. The van der Waals surface area contributed by atoms with Gasteiger partial charge in [0.2, 0.25) is 0 Å². The zero-order chi connectivity index (χ0) is 24.3. The van der Waals surface area contributed by atoms with Crippen molar-refractivity contribution in [3.05, 3.63) is 0 Å². The molecule has 0 radical (unpaired) electrons.